The van der Waals surface area contributed by atoms with E-state index in [2.05, 4.69) is 16.0 Å². The van der Waals surface area contributed by atoms with Gasteiger partial charge in [-0.15, -0.1) is 11.8 Å². The third kappa shape index (κ3) is 2.10. The van der Waals surface area contributed by atoms with Gasteiger partial charge in [0.25, 0.3) is 0 Å². The molecule has 2 heterocycles. The van der Waals surface area contributed by atoms with E-state index >= 15 is 0 Å². The molecule has 0 bridgehead atoms. The van der Waals surface area contributed by atoms with Crippen LogP contribution < -0.4 is 0 Å². The van der Waals surface area contributed by atoms with Gasteiger partial charge < -0.3 is 10.1 Å². The van der Waals surface area contributed by atoms with Crippen LogP contribution in [-0.4, -0.2) is 20.8 Å². The second-order valence-corrected chi connectivity index (χ2v) is 5.36. The number of rotatable bonds is 2. The maximum absolute atomic E-state index is 10.4. The number of imidazole rings is 1. The molecule has 0 fully saturated rings. The minimum atomic E-state index is -0.377. The predicted molar refractivity (Wildman–Crippen MR) is 67.9 cm³/mol. The minimum Gasteiger partial charge on any atom is -0.388 e. The summed E-state index contributed by atoms with van der Waals surface area (Å²) in [6.45, 7) is 0. The highest BCUT2D eigenvalue weighted by Gasteiger charge is 2.28. The van der Waals surface area contributed by atoms with E-state index in [1.165, 1.54) is 4.90 Å². The van der Waals surface area contributed by atoms with E-state index in [0.29, 0.717) is 0 Å². The minimum absolute atomic E-state index is 0.237. The lowest BCUT2D eigenvalue weighted by Crippen LogP contribution is -2.22. The van der Waals surface area contributed by atoms with Crippen molar-refractivity contribution in [1.29, 1.82) is 0 Å². The molecule has 2 atom stereocenters. The first-order valence-electron chi connectivity index (χ1n) is 5.72. The molecule has 17 heavy (non-hydrogen) atoms. The van der Waals surface area contributed by atoms with Crippen LogP contribution in [-0.2, 0) is 6.42 Å². The second-order valence-electron chi connectivity index (χ2n) is 4.29. The van der Waals surface area contributed by atoms with Gasteiger partial charge in [-0.05, 0) is 11.6 Å². The Morgan fingerprint density at radius 1 is 1.41 bits per heavy atom. The monoisotopic (exact) mass is 246 g/mol. The van der Waals surface area contributed by atoms with Gasteiger partial charge in [0, 0.05) is 35.4 Å². The van der Waals surface area contributed by atoms with Crippen molar-refractivity contribution >= 4 is 11.8 Å². The number of H-pyrrole nitrogens is 1. The predicted octanol–water partition coefficient (Wildman–Crippen LogP) is 2.41. The van der Waals surface area contributed by atoms with Gasteiger partial charge in [0.05, 0.1) is 6.10 Å². The molecule has 88 valence electrons. The zero-order valence-corrected chi connectivity index (χ0v) is 10.2. The van der Waals surface area contributed by atoms with Gasteiger partial charge in [0.2, 0.25) is 0 Å². The largest absolute Gasteiger partial charge is 0.388 e. The van der Waals surface area contributed by atoms with E-state index in [9.17, 15) is 5.11 Å². The Morgan fingerprint density at radius 3 is 3.12 bits per heavy atom. The number of nitrogens with one attached hydrogen (secondary N) is 1. The van der Waals surface area contributed by atoms with Crippen molar-refractivity contribution in [3.05, 3.63) is 48.0 Å². The van der Waals surface area contributed by atoms with Gasteiger partial charge in [-0.25, -0.2) is 4.98 Å². The maximum atomic E-state index is 10.4. The third-order valence-corrected chi connectivity index (χ3v) is 4.43. The van der Waals surface area contributed by atoms with Gasteiger partial charge >= 0.3 is 0 Å². The first-order valence-corrected chi connectivity index (χ1v) is 6.71. The molecule has 1 aliphatic rings. The highest BCUT2D eigenvalue weighted by atomic mass is 32.2. The number of aromatic amines is 1. The first kappa shape index (κ1) is 10.9. The second kappa shape index (κ2) is 4.55. The van der Waals surface area contributed by atoms with Crippen LogP contribution >= 0.6 is 11.8 Å². The number of fused-ring (bicyclic) bond motifs is 1. The molecule has 2 aromatic rings. The quantitative estimate of drug-likeness (QED) is 0.855. The molecule has 0 spiro atoms. The summed E-state index contributed by atoms with van der Waals surface area (Å²) >= 11 is 1.82. The van der Waals surface area contributed by atoms with Crippen LogP contribution in [0.25, 0.3) is 0 Å². The van der Waals surface area contributed by atoms with E-state index in [4.69, 9.17) is 0 Å². The molecule has 1 aromatic carbocycles. The number of nitrogens with zero attached hydrogens (tertiary/aromatic N) is 1. The molecule has 0 radical (unpaired) electrons. The molecule has 1 aromatic heterocycles. The van der Waals surface area contributed by atoms with Crippen molar-refractivity contribution < 1.29 is 5.11 Å². The number of hydrogen-bond acceptors (Lipinski definition) is 3. The van der Waals surface area contributed by atoms with E-state index in [1.54, 1.807) is 6.20 Å². The summed E-state index contributed by atoms with van der Waals surface area (Å²) in [5.41, 5.74) is 1.06. The average Bonchev–Trinajstić information content (AvgIpc) is 2.86. The summed E-state index contributed by atoms with van der Waals surface area (Å²) < 4.78 is 0. The molecule has 0 saturated heterocycles. The Balaban J connectivity index is 1.82. The van der Waals surface area contributed by atoms with Crippen molar-refractivity contribution in [1.82, 2.24) is 9.97 Å². The zero-order valence-electron chi connectivity index (χ0n) is 9.34. The SMILES string of the molecule is O[C@H]1c2ccccc2SC[C@H]1Cc1ncc[nH]1. The maximum Gasteiger partial charge on any atom is 0.106 e. The molecule has 0 unspecified atom stereocenters. The van der Waals surface area contributed by atoms with Gasteiger partial charge in [0.1, 0.15) is 5.82 Å². The number of benzene rings is 1. The van der Waals surface area contributed by atoms with Gasteiger partial charge in [-0.3, -0.25) is 0 Å². The lowest BCUT2D eigenvalue weighted by molar-refractivity contribution is 0.114. The number of thioether (sulfide) groups is 1. The van der Waals surface area contributed by atoms with Crippen LogP contribution in [0.15, 0.2) is 41.6 Å². The molecule has 4 heteroatoms. The van der Waals surface area contributed by atoms with Crippen molar-refractivity contribution in [2.75, 3.05) is 5.75 Å². The Hall–Kier alpha value is -1.26. The molecule has 0 aliphatic carbocycles. The Kier molecular flexibility index (Phi) is 2.91. The molecular formula is C13H14N2OS. The highest BCUT2D eigenvalue weighted by Crippen LogP contribution is 2.40. The molecule has 1 aliphatic heterocycles. The Labute approximate surface area is 104 Å². The fourth-order valence-electron chi connectivity index (χ4n) is 2.23. The summed E-state index contributed by atoms with van der Waals surface area (Å²) in [4.78, 5) is 8.53. The Morgan fingerprint density at radius 2 is 2.29 bits per heavy atom. The number of hydrogen-bond donors (Lipinski definition) is 2. The zero-order chi connectivity index (χ0) is 11.7. The molecule has 0 amide bonds. The summed E-state index contributed by atoms with van der Waals surface area (Å²) in [5, 5.41) is 10.4. The lowest BCUT2D eigenvalue weighted by atomic mass is 9.93. The normalized spacial score (nSPS) is 23.4. The van der Waals surface area contributed by atoms with E-state index in [-0.39, 0.29) is 12.0 Å². The van der Waals surface area contributed by atoms with Crippen LogP contribution in [0.3, 0.4) is 0 Å². The highest BCUT2D eigenvalue weighted by molar-refractivity contribution is 7.99. The summed E-state index contributed by atoms with van der Waals surface area (Å²) in [7, 11) is 0. The third-order valence-electron chi connectivity index (χ3n) is 3.15. The summed E-state index contributed by atoms with van der Waals surface area (Å²) in [6, 6.07) is 8.09. The van der Waals surface area contributed by atoms with Crippen molar-refractivity contribution in [2.24, 2.45) is 5.92 Å². The van der Waals surface area contributed by atoms with Crippen molar-refractivity contribution in [2.45, 2.75) is 17.4 Å². The first-order chi connectivity index (χ1) is 8.34. The van der Waals surface area contributed by atoms with Crippen molar-refractivity contribution in [3.63, 3.8) is 0 Å². The standard InChI is InChI=1S/C13H14N2OS/c16-13-9(7-12-14-5-6-15-12)8-17-11-4-2-1-3-10(11)13/h1-6,9,13,16H,7-8H2,(H,14,15)/t9-,13-/m1/s1. The summed E-state index contributed by atoms with van der Waals surface area (Å²) in [5.74, 6) is 2.13. The summed E-state index contributed by atoms with van der Waals surface area (Å²) in [6.07, 6.45) is 4.00. The van der Waals surface area contributed by atoms with Gasteiger partial charge in [-0.1, -0.05) is 18.2 Å². The van der Waals surface area contributed by atoms with Crippen LogP contribution in [0.2, 0.25) is 0 Å². The molecule has 0 saturated carbocycles. The smallest absolute Gasteiger partial charge is 0.106 e. The number of aliphatic hydroxyl groups is 1. The van der Waals surface area contributed by atoms with Crippen LogP contribution in [0, 0.1) is 5.92 Å². The Bertz CT molecular complexity index is 498. The van der Waals surface area contributed by atoms with Crippen LogP contribution in [0.5, 0.6) is 0 Å². The van der Waals surface area contributed by atoms with Gasteiger partial charge in [0.15, 0.2) is 0 Å². The van der Waals surface area contributed by atoms with E-state index in [1.807, 2.05) is 36.2 Å². The topological polar surface area (TPSA) is 48.9 Å². The van der Waals surface area contributed by atoms with Crippen LogP contribution in [0.4, 0.5) is 0 Å². The molecule has 2 N–H and O–H groups in total. The molecular weight excluding hydrogens is 232 g/mol. The van der Waals surface area contributed by atoms with Crippen molar-refractivity contribution in [3.8, 4) is 0 Å². The number of aromatic nitrogens is 2. The molecule has 3 rings (SSSR count). The van der Waals surface area contributed by atoms with Crippen LogP contribution in [0.1, 0.15) is 17.5 Å². The molecule has 3 nitrogen and oxygen atoms in total. The fraction of sp³-hybridized carbons (Fsp3) is 0.308. The number of aliphatic hydroxyl groups excluding tert-OH is 1. The van der Waals surface area contributed by atoms with E-state index in [0.717, 1.165) is 23.6 Å². The fourth-order valence-corrected chi connectivity index (χ4v) is 3.45. The average molecular weight is 246 g/mol. The van der Waals surface area contributed by atoms with E-state index < -0.39 is 0 Å². The lowest BCUT2D eigenvalue weighted by Gasteiger charge is -2.28. The van der Waals surface area contributed by atoms with Gasteiger partial charge in [-0.2, -0.15) is 0 Å².